The minimum Gasteiger partial charge on any atom is -0.362 e. The van der Waals surface area contributed by atoms with Crippen LogP contribution in [0.25, 0.3) is 11.6 Å². The Labute approximate surface area is 211 Å². The van der Waals surface area contributed by atoms with E-state index in [1.165, 1.54) is 6.08 Å². The zero-order chi connectivity index (χ0) is 25.5. The number of barbiturate groups is 1. The molecular weight excluding hydrogens is 462 g/mol. The molecule has 0 unspecified atom stereocenters. The fraction of sp³-hybridized carbons (Fsp3) is 0.321. The molecule has 35 heavy (non-hydrogen) atoms. The van der Waals surface area contributed by atoms with Gasteiger partial charge < -0.3 is 4.90 Å². The van der Waals surface area contributed by atoms with Crippen molar-refractivity contribution in [3.05, 3.63) is 69.8 Å². The van der Waals surface area contributed by atoms with E-state index in [1.54, 1.807) is 12.1 Å². The summed E-state index contributed by atoms with van der Waals surface area (Å²) in [6.07, 6.45) is 5.50. The van der Waals surface area contributed by atoms with Crippen LogP contribution in [0.15, 0.2) is 48.0 Å². The lowest BCUT2D eigenvalue weighted by Crippen LogP contribution is -2.54. The fourth-order valence-electron chi connectivity index (χ4n) is 4.79. The van der Waals surface area contributed by atoms with Gasteiger partial charge in [-0.15, -0.1) is 0 Å². The SMILES string of the molecule is CCCN1c2cc(Cl)c(/C=C3/C(=O)NC(=O)N(c4ccc(CC)cc4)C3=O)cc2C(C)=CC1(C)C. The van der Waals surface area contributed by atoms with Gasteiger partial charge in [0.1, 0.15) is 5.57 Å². The van der Waals surface area contributed by atoms with Gasteiger partial charge in [-0.3, -0.25) is 14.9 Å². The predicted molar refractivity (Wildman–Crippen MR) is 142 cm³/mol. The maximum Gasteiger partial charge on any atom is 0.335 e. The van der Waals surface area contributed by atoms with Crippen molar-refractivity contribution in [3.63, 3.8) is 0 Å². The van der Waals surface area contributed by atoms with Crippen LogP contribution in [0.5, 0.6) is 0 Å². The van der Waals surface area contributed by atoms with Crippen molar-refractivity contribution in [1.82, 2.24) is 5.32 Å². The number of hydrogen-bond acceptors (Lipinski definition) is 4. The second-order valence-electron chi connectivity index (χ2n) is 9.50. The highest BCUT2D eigenvalue weighted by Crippen LogP contribution is 2.42. The van der Waals surface area contributed by atoms with Crippen LogP contribution in [0.4, 0.5) is 16.2 Å². The number of aryl methyl sites for hydroxylation is 1. The first kappa shape index (κ1) is 24.7. The van der Waals surface area contributed by atoms with Gasteiger partial charge in [-0.2, -0.15) is 0 Å². The highest BCUT2D eigenvalue weighted by Gasteiger charge is 2.37. The van der Waals surface area contributed by atoms with Crippen molar-refractivity contribution in [2.24, 2.45) is 0 Å². The van der Waals surface area contributed by atoms with Crippen molar-refractivity contribution in [2.75, 3.05) is 16.3 Å². The van der Waals surface area contributed by atoms with Crippen molar-refractivity contribution < 1.29 is 14.4 Å². The molecule has 1 N–H and O–H groups in total. The fourth-order valence-corrected chi connectivity index (χ4v) is 5.00. The molecule has 0 saturated carbocycles. The van der Waals surface area contributed by atoms with Crippen LogP contribution < -0.4 is 15.1 Å². The summed E-state index contributed by atoms with van der Waals surface area (Å²) in [5.74, 6) is -1.42. The highest BCUT2D eigenvalue weighted by molar-refractivity contribution is 6.40. The van der Waals surface area contributed by atoms with E-state index in [4.69, 9.17) is 11.6 Å². The molecule has 182 valence electrons. The molecule has 0 bridgehead atoms. The number of amides is 4. The Morgan fingerprint density at radius 2 is 1.74 bits per heavy atom. The van der Waals surface area contributed by atoms with Gasteiger partial charge in [0.25, 0.3) is 11.8 Å². The monoisotopic (exact) mass is 491 g/mol. The van der Waals surface area contributed by atoms with Crippen LogP contribution >= 0.6 is 11.6 Å². The molecule has 2 aliphatic heterocycles. The Kier molecular flexibility index (Phi) is 6.60. The molecule has 7 heteroatoms. The van der Waals surface area contributed by atoms with Crippen molar-refractivity contribution in [2.45, 2.75) is 53.0 Å². The number of benzene rings is 2. The highest BCUT2D eigenvalue weighted by atomic mass is 35.5. The van der Waals surface area contributed by atoms with Crippen LogP contribution in [-0.2, 0) is 16.0 Å². The summed E-state index contributed by atoms with van der Waals surface area (Å²) in [6.45, 7) is 11.4. The van der Waals surface area contributed by atoms with Gasteiger partial charge >= 0.3 is 6.03 Å². The van der Waals surface area contributed by atoms with Crippen LogP contribution in [0.3, 0.4) is 0 Å². The van der Waals surface area contributed by atoms with Gasteiger partial charge in [-0.1, -0.05) is 43.7 Å². The maximum absolute atomic E-state index is 13.3. The zero-order valence-electron chi connectivity index (χ0n) is 20.7. The molecule has 0 radical (unpaired) electrons. The largest absolute Gasteiger partial charge is 0.362 e. The van der Waals surface area contributed by atoms with E-state index in [0.717, 1.165) is 46.7 Å². The molecule has 0 aliphatic carbocycles. The van der Waals surface area contributed by atoms with Crippen LogP contribution in [0, 0.1) is 0 Å². The van der Waals surface area contributed by atoms with Gasteiger partial charge in [-0.05, 0) is 80.7 Å². The topological polar surface area (TPSA) is 69.7 Å². The lowest BCUT2D eigenvalue weighted by molar-refractivity contribution is -0.122. The third-order valence-electron chi connectivity index (χ3n) is 6.55. The number of hydrogen-bond donors (Lipinski definition) is 1. The molecule has 2 aromatic rings. The summed E-state index contributed by atoms with van der Waals surface area (Å²) >= 11 is 6.68. The number of imide groups is 2. The molecule has 0 aromatic heterocycles. The van der Waals surface area contributed by atoms with E-state index in [9.17, 15) is 14.4 Å². The standard InChI is InChI=1S/C28H30ClN3O3/c1-6-12-31-24-15-23(29)19(13-21(24)17(3)16-28(31,4)5)14-22-25(33)30-27(35)32(26(22)34)20-10-8-18(7-2)9-11-20/h8-11,13-16H,6-7,12H2,1-5H3,(H,30,33,35)/b22-14-. The number of rotatable bonds is 5. The first-order valence-electron chi connectivity index (χ1n) is 11.9. The van der Waals surface area contributed by atoms with E-state index in [-0.39, 0.29) is 11.1 Å². The minimum atomic E-state index is -0.769. The number of nitrogens with zero attached hydrogens (tertiary/aromatic N) is 2. The minimum absolute atomic E-state index is 0.144. The third-order valence-corrected chi connectivity index (χ3v) is 6.87. The number of allylic oxidation sites excluding steroid dienone is 1. The molecular formula is C28H30ClN3O3. The first-order chi connectivity index (χ1) is 16.6. The Morgan fingerprint density at radius 3 is 2.37 bits per heavy atom. The molecule has 4 rings (SSSR count). The Morgan fingerprint density at radius 1 is 1.06 bits per heavy atom. The number of carbonyl (C=O) groups excluding carboxylic acids is 3. The summed E-state index contributed by atoms with van der Waals surface area (Å²) in [5, 5.41) is 2.71. The van der Waals surface area contributed by atoms with E-state index >= 15 is 0 Å². The quantitative estimate of drug-likeness (QED) is 0.412. The summed E-state index contributed by atoms with van der Waals surface area (Å²) in [7, 11) is 0. The number of halogens is 1. The second kappa shape index (κ2) is 9.34. The summed E-state index contributed by atoms with van der Waals surface area (Å²) < 4.78 is 0. The van der Waals surface area contributed by atoms with E-state index in [2.05, 4.69) is 37.1 Å². The van der Waals surface area contributed by atoms with Crippen molar-refractivity contribution >= 4 is 52.5 Å². The molecule has 2 aliphatic rings. The summed E-state index contributed by atoms with van der Waals surface area (Å²) in [5.41, 5.74) is 4.84. The van der Waals surface area contributed by atoms with Crippen molar-refractivity contribution in [3.8, 4) is 0 Å². The van der Waals surface area contributed by atoms with Gasteiger partial charge in [0, 0.05) is 22.8 Å². The van der Waals surface area contributed by atoms with E-state index in [0.29, 0.717) is 16.3 Å². The molecule has 6 nitrogen and oxygen atoms in total. The number of anilines is 2. The van der Waals surface area contributed by atoms with Crippen LogP contribution in [-0.4, -0.2) is 29.9 Å². The summed E-state index contributed by atoms with van der Waals surface area (Å²) in [6, 6.07) is 10.2. The molecule has 0 atom stereocenters. The number of nitrogens with one attached hydrogen (secondary N) is 1. The molecule has 1 fully saturated rings. The lowest BCUT2D eigenvalue weighted by Gasteiger charge is -2.43. The van der Waals surface area contributed by atoms with Crippen molar-refractivity contribution in [1.29, 1.82) is 0 Å². The average Bonchev–Trinajstić information content (AvgIpc) is 2.80. The normalized spacial score (nSPS) is 18.5. The predicted octanol–water partition coefficient (Wildman–Crippen LogP) is 5.98. The Hall–Kier alpha value is -3.38. The first-order valence-corrected chi connectivity index (χ1v) is 12.3. The maximum atomic E-state index is 13.3. The number of fused-ring (bicyclic) bond motifs is 1. The van der Waals surface area contributed by atoms with Gasteiger partial charge in [0.2, 0.25) is 0 Å². The average molecular weight is 492 g/mol. The van der Waals surface area contributed by atoms with Crippen LogP contribution in [0.1, 0.15) is 57.7 Å². The number of urea groups is 1. The van der Waals surface area contributed by atoms with Crippen LogP contribution in [0.2, 0.25) is 5.02 Å². The Balaban J connectivity index is 1.77. The lowest BCUT2D eigenvalue weighted by atomic mass is 9.87. The number of carbonyl (C=O) groups is 3. The van der Waals surface area contributed by atoms with Gasteiger partial charge in [0.15, 0.2) is 0 Å². The summed E-state index contributed by atoms with van der Waals surface area (Å²) in [4.78, 5) is 41.8. The molecule has 0 spiro atoms. The molecule has 2 heterocycles. The second-order valence-corrected chi connectivity index (χ2v) is 9.91. The Bertz CT molecular complexity index is 1280. The van der Waals surface area contributed by atoms with E-state index < -0.39 is 17.8 Å². The molecule has 4 amide bonds. The smallest absolute Gasteiger partial charge is 0.335 e. The third kappa shape index (κ3) is 4.50. The van der Waals surface area contributed by atoms with Gasteiger partial charge in [-0.25, -0.2) is 9.69 Å². The van der Waals surface area contributed by atoms with E-state index in [1.807, 2.05) is 38.1 Å². The molecule has 2 aromatic carbocycles. The molecule has 1 saturated heterocycles. The zero-order valence-corrected chi connectivity index (χ0v) is 21.5. The van der Waals surface area contributed by atoms with Gasteiger partial charge in [0.05, 0.1) is 11.2 Å².